The number of rotatable bonds is 4. The third-order valence-corrected chi connectivity index (χ3v) is 3.78. The van der Waals surface area contributed by atoms with Gasteiger partial charge >= 0.3 is 0 Å². The Balaban J connectivity index is 1.77. The van der Waals surface area contributed by atoms with Crippen molar-refractivity contribution < 1.29 is 14.6 Å². The second-order valence-corrected chi connectivity index (χ2v) is 5.27. The molecule has 3 rings (SSSR count). The van der Waals surface area contributed by atoms with E-state index in [2.05, 4.69) is 4.98 Å². The van der Waals surface area contributed by atoms with Crippen molar-refractivity contribution in [2.24, 2.45) is 0 Å². The number of aromatic nitrogens is 1. The van der Waals surface area contributed by atoms with E-state index in [1.807, 2.05) is 30.3 Å². The van der Waals surface area contributed by atoms with Crippen molar-refractivity contribution in [3.05, 3.63) is 54.4 Å². The molecule has 1 aliphatic rings. The van der Waals surface area contributed by atoms with E-state index in [4.69, 9.17) is 4.74 Å². The molecule has 2 heterocycles. The van der Waals surface area contributed by atoms with Gasteiger partial charge in [0.25, 0.3) is 5.91 Å². The Labute approximate surface area is 129 Å². The highest BCUT2D eigenvalue weighted by Gasteiger charge is 2.29. The highest BCUT2D eigenvalue weighted by atomic mass is 16.5. The molecule has 5 heteroatoms. The average molecular weight is 298 g/mol. The fraction of sp³-hybridized carbons (Fsp3) is 0.294. The highest BCUT2D eigenvalue weighted by molar-refractivity contribution is 5.93. The number of carbonyl (C=O) groups is 1. The van der Waals surface area contributed by atoms with Gasteiger partial charge in [-0.2, -0.15) is 0 Å². The van der Waals surface area contributed by atoms with Gasteiger partial charge < -0.3 is 14.7 Å². The quantitative estimate of drug-likeness (QED) is 0.942. The third kappa shape index (κ3) is 3.09. The molecule has 0 unspecified atom stereocenters. The standard InChI is InChI=1S/C17H18N2O3/c20-12-13-5-4-10-19(13)17(21)16-11-15(8-9-18-16)22-14-6-2-1-3-7-14/h1-3,6-9,11,13,20H,4-5,10,12H2/t13-/m1/s1. The van der Waals surface area contributed by atoms with Gasteiger partial charge in [-0.05, 0) is 31.0 Å². The second kappa shape index (κ2) is 6.58. The van der Waals surface area contributed by atoms with E-state index in [1.165, 1.54) is 0 Å². The van der Waals surface area contributed by atoms with Crippen molar-refractivity contribution in [3.63, 3.8) is 0 Å². The van der Waals surface area contributed by atoms with Crippen LogP contribution in [0, 0.1) is 0 Å². The van der Waals surface area contributed by atoms with E-state index >= 15 is 0 Å². The molecule has 0 bridgehead atoms. The molecular formula is C17H18N2O3. The molecule has 2 aromatic rings. The minimum Gasteiger partial charge on any atom is -0.457 e. The Bertz CT molecular complexity index is 645. The Morgan fingerprint density at radius 3 is 2.86 bits per heavy atom. The number of carbonyl (C=O) groups excluding carboxylic acids is 1. The topological polar surface area (TPSA) is 62.7 Å². The van der Waals surface area contributed by atoms with Crippen molar-refractivity contribution in [1.29, 1.82) is 0 Å². The molecule has 1 saturated heterocycles. The average Bonchev–Trinajstić information content (AvgIpc) is 3.04. The van der Waals surface area contributed by atoms with E-state index in [1.54, 1.807) is 23.2 Å². The van der Waals surface area contributed by atoms with Gasteiger partial charge in [-0.25, -0.2) is 0 Å². The number of ether oxygens (including phenoxy) is 1. The fourth-order valence-corrected chi connectivity index (χ4v) is 2.66. The van der Waals surface area contributed by atoms with Crippen LogP contribution in [0.3, 0.4) is 0 Å². The normalized spacial score (nSPS) is 17.5. The first-order chi connectivity index (χ1) is 10.8. The largest absolute Gasteiger partial charge is 0.457 e. The lowest BCUT2D eigenvalue weighted by Crippen LogP contribution is -2.38. The number of hydrogen-bond donors (Lipinski definition) is 1. The molecule has 22 heavy (non-hydrogen) atoms. The minimum atomic E-state index is -0.157. The van der Waals surface area contributed by atoms with Crippen molar-refractivity contribution in [2.45, 2.75) is 18.9 Å². The highest BCUT2D eigenvalue weighted by Crippen LogP contribution is 2.23. The van der Waals surface area contributed by atoms with Gasteiger partial charge in [-0.1, -0.05) is 18.2 Å². The Kier molecular flexibility index (Phi) is 4.34. The molecule has 1 aromatic carbocycles. The van der Waals surface area contributed by atoms with Crippen LogP contribution < -0.4 is 4.74 Å². The zero-order valence-electron chi connectivity index (χ0n) is 12.2. The van der Waals surface area contributed by atoms with Crippen LogP contribution in [-0.4, -0.2) is 40.1 Å². The number of para-hydroxylation sites is 1. The summed E-state index contributed by atoms with van der Waals surface area (Å²) in [6.07, 6.45) is 3.31. The van der Waals surface area contributed by atoms with Crippen molar-refractivity contribution in [3.8, 4) is 11.5 Å². The van der Waals surface area contributed by atoms with Gasteiger partial charge in [0.1, 0.15) is 17.2 Å². The first-order valence-electron chi connectivity index (χ1n) is 7.38. The van der Waals surface area contributed by atoms with Gasteiger partial charge in [0.15, 0.2) is 0 Å². The smallest absolute Gasteiger partial charge is 0.272 e. The number of likely N-dealkylation sites (tertiary alicyclic amines) is 1. The number of aliphatic hydroxyl groups excluding tert-OH is 1. The van der Waals surface area contributed by atoms with E-state index in [0.29, 0.717) is 23.7 Å². The zero-order valence-corrected chi connectivity index (χ0v) is 12.2. The molecule has 1 N–H and O–H groups in total. The third-order valence-electron chi connectivity index (χ3n) is 3.78. The first-order valence-corrected chi connectivity index (χ1v) is 7.38. The maximum absolute atomic E-state index is 12.5. The molecule has 1 amide bonds. The molecule has 1 aliphatic heterocycles. The summed E-state index contributed by atoms with van der Waals surface area (Å²) in [7, 11) is 0. The monoisotopic (exact) mass is 298 g/mol. The lowest BCUT2D eigenvalue weighted by Gasteiger charge is -2.22. The second-order valence-electron chi connectivity index (χ2n) is 5.27. The zero-order chi connectivity index (χ0) is 15.4. The van der Waals surface area contributed by atoms with Crippen LogP contribution in [0.5, 0.6) is 11.5 Å². The van der Waals surface area contributed by atoms with Crippen LogP contribution >= 0.6 is 0 Å². The Morgan fingerprint density at radius 1 is 1.27 bits per heavy atom. The lowest BCUT2D eigenvalue weighted by atomic mass is 10.2. The number of amides is 1. The first kappa shape index (κ1) is 14.5. The van der Waals surface area contributed by atoms with E-state index < -0.39 is 0 Å². The van der Waals surface area contributed by atoms with Crippen molar-refractivity contribution in [1.82, 2.24) is 9.88 Å². The van der Waals surface area contributed by atoms with E-state index in [-0.39, 0.29) is 18.6 Å². The summed E-state index contributed by atoms with van der Waals surface area (Å²) >= 11 is 0. The van der Waals surface area contributed by atoms with Crippen LogP contribution in [-0.2, 0) is 0 Å². The minimum absolute atomic E-state index is 0.00799. The summed E-state index contributed by atoms with van der Waals surface area (Å²) in [6, 6.07) is 12.6. The summed E-state index contributed by atoms with van der Waals surface area (Å²) in [6.45, 7) is 0.654. The van der Waals surface area contributed by atoms with Gasteiger partial charge in [0.2, 0.25) is 0 Å². The van der Waals surface area contributed by atoms with Crippen LogP contribution in [0.15, 0.2) is 48.7 Å². The predicted molar refractivity (Wildman–Crippen MR) is 81.9 cm³/mol. The molecule has 1 aromatic heterocycles. The van der Waals surface area contributed by atoms with E-state index in [9.17, 15) is 9.90 Å². The van der Waals surface area contributed by atoms with Crippen LogP contribution in [0.25, 0.3) is 0 Å². The van der Waals surface area contributed by atoms with Crippen molar-refractivity contribution >= 4 is 5.91 Å². The molecule has 0 saturated carbocycles. The predicted octanol–water partition coefficient (Wildman–Crippen LogP) is 2.47. The molecule has 1 fully saturated rings. The summed E-state index contributed by atoms with van der Waals surface area (Å²) in [5.41, 5.74) is 0.341. The lowest BCUT2D eigenvalue weighted by molar-refractivity contribution is 0.0671. The number of hydrogen-bond acceptors (Lipinski definition) is 4. The molecule has 1 atom stereocenters. The number of aliphatic hydroxyl groups is 1. The van der Waals surface area contributed by atoms with Crippen LogP contribution in [0.1, 0.15) is 23.3 Å². The molecular weight excluding hydrogens is 280 g/mol. The number of pyridine rings is 1. The van der Waals surface area contributed by atoms with E-state index in [0.717, 1.165) is 12.8 Å². The number of benzene rings is 1. The molecule has 114 valence electrons. The van der Waals surface area contributed by atoms with Gasteiger partial charge in [0.05, 0.1) is 12.6 Å². The maximum atomic E-state index is 12.5. The maximum Gasteiger partial charge on any atom is 0.272 e. The molecule has 5 nitrogen and oxygen atoms in total. The summed E-state index contributed by atoms with van der Waals surface area (Å²) in [4.78, 5) is 18.3. The molecule has 0 radical (unpaired) electrons. The van der Waals surface area contributed by atoms with Gasteiger partial charge in [-0.3, -0.25) is 9.78 Å². The summed E-state index contributed by atoms with van der Waals surface area (Å²) < 4.78 is 5.72. The summed E-state index contributed by atoms with van der Waals surface area (Å²) in [5, 5.41) is 9.34. The van der Waals surface area contributed by atoms with Crippen LogP contribution in [0.2, 0.25) is 0 Å². The van der Waals surface area contributed by atoms with Gasteiger partial charge in [-0.15, -0.1) is 0 Å². The molecule has 0 aliphatic carbocycles. The van der Waals surface area contributed by atoms with Crippen LogP contribution in [0.4, 0.5) is 0 Å². The fourth-order valence-electron chi connectivity index (χ4n) is 2.66. The Morgan fingerprint density at radius 2 is 2.09 bits per heavy atom. The van der Waals surface area contributed by atoms with Gasteiger partial charge in [0, 0.05) is 18.8 Å². The Hall–Kier alpha value is -2.40. The molecule has 0 spiro atoms. The summed E-state index contributed by atoms with van der Waals surface area (Å²) in [5.74, 6) is 1.13. The van der Waals surface area contributed by atoms with Crippen molar-refractivity contribution in [2.75, 3.05) is 13.2 Å². The number of nitrogens with zero attached hydrogens (tertiary/aromatic N) is 2. The SMILES string of the molecule is O=C(c1cc(Oc2ccccc2)ccn1)N1CCC[C@@H]1CO.